The lowest BCUT2D eigenvalue weighted by atomic mass is 9.73. The van der Waals surface area contributed by atoms with Crippen molar-refractivity contribution in [1.82, 2.24) is 9.80 Å². The first-order valence-electron chi connectivity index (χ1n) is 10.8. The molecular weight excluding hydrogens is 360 g/mol. The first-order chi connectivity index (χ1) is 14.1. The summed E-state index contributed by atoms with van der Waals surface area (Å²) >= 11 is 0. The zero-order valence-electron chi connectivity index (χ0n) is 17.1. The molecule has 29 heavy (non-hydrogen) atoms. The molecule has 4 heteroatoms. The molecule has 0 bridgehead atoms. The highest BCUT2D eigenvalue weighted by molar-refractivity contribution is 5.79. The molecule has 2 aliphatic rings. The van der Waals surface area contributed by atoms with Crippen molar-refractivity contribution in [2.24, 2.45) is 5.41 Å². The Kier molecular flexibility index (Phi) is 5.98. The van der Waals surface area contributed by atoms with E-state index in [1.807, 2.05) is 58.3 Å². The van der Waals surface area contributed by atoms with Gasteiger partial charge in [-0.05, 0) is 42.2 Å². The molecule has 0 unspecified atom stereocenters. The van der Waals surface area contributed by atoms with Crippen LogP contribution in [-0.2, 0) is 22.6 Å². The molecular formula is C25H30N2O2. The van der Waals surface area contributed by atoms with Crippen LogP contribution in [-0.4, -0.2) is 41.2 Å². The number of piperidine rings is 1. The molecule has 2 heterocycles. The van der Waals surface area contributed by atoms with E-state index >= 15 is 0 Å². The number of likely N-dealkylation sites (tertiary alicyclic amines) is 2. The van der Waals surface area contributed by atoms with E-state index in [-0.39, 0.29) is 17.2 Å². The van der Waals surface area contributed by atoms with E-state index in [1.54, 1.807) is 0 Å². The Balaban J connectivity index is 1.32. The summed E-state index contributed by atoms with van der Waals surface area (Å²) < 4.78 is 0. The lowest BCUT2D eigenvalue weighted by Gasteiger charge is -2.41. The molecule has 4 rings (SSSR count). The van der Waals surface area contributed by atoms with Crippen LogP contribution in [0.5, 0.6) is 0 Å². The third-order valence-electron chi connectivity index (χ3n) is 6.73. The lowest BCUT2D eigenvalue weighted by Crippen LogP contribution is -2.44. The predicted molar refractivity (Wildman–Crippen MR) is 114 cm³/mol. The second kappa shape index (κ2) is 8.81. The van der Waals surface area contributed by atoms with Gasteiger partial charge in [0.2, 0.25) is 11.8 Å². The van der Waals surface area contributed by atoms with Crippen molar-refractivity contribution in [2.45, 2.75) is 45.1 Å². The van der Waals surface area contributed by atoms with Gasteiger partial charge in [-0.2, -0.15) is 0 Å². The number of rotatable bonds is 4. The monoisotopic (exact) mass is 390 g/mol. The van der Waals surface area contributed by atoms with Gasteiger partial charge in [0.1, 0.15) is 0 Å². The molecule has 0 saturated carbocycles. The fraction of sp³-hybridized carbons (Fsp3) is 0.440. The highest BCUT2D eigenvalue weighted by atomic mass is 16.2. The van der Waals surface area contributed by atoms with Crippen molar-refractivity contribution in [3.8, 4) is 0 Å². The number of hydrogen-bond acceptors (Lipinski definition) is 2. The third kappa shape index (κ3) is 4.87. The molecule has 2 aromatic rings. The van der Waals surface area contributed by atoms with Crippen LogP contribution < -0.4 is 0 Å². The van der Waals surface area contributed by atoms with Gasteiger partial charge in [-0.15, -0.1) is 0 Å². The topological polar surface area (TPSA) is 40.6 Å². The minimum atomic E-state index is 0.213. The van der Waals surface area contributed by atoms with E-state index in [1.165, 1.54) is 5.56 Å². The summed E-state index contributed by atoms with van der Waals surface area (Å²) in [6, 6.07) is 20.2. The summed E-state index contributed by atoms with van der Waals surface area (Å²) in [5.41, 5.74) is 2.48. The number of benzene rings is 2. The van der Waals surface area contributed by atoms with E-state index < -0.39 is 0 Å². The smallest absolute Gasteiger partial charge is 0.226 e. The van der Waals surface area contributed by atoms with Crippen LogP contribution in [0.15, 0.2) is 60.7 Å². The van der Waals surface area contributed by atoms with Crippen LogP contribution in [0, 0.1) is 5.41 Å². The van der Waals surface area contributed by atoms with E-state index in [9.17, 15) is 9.59 Å². The van der Waals surface area contributed by atoms with Gasteiger partial charge in [-0.3, -0.25) is 9.59 Å². The number of carbonyl (C=O) groups excluding carboxylic acids is 2. The van der Waals surface area contributed by atoms with Crippen molar-refractivity contribution in [1.29, 1.82) is 0 Å². The molecule has 0 N–H and O–H groups in total. The standard InChI is InChI=1S/C25H30N2O2/c28-23-11-12-25(15-18-27(23)20-22-9-5-2-6-10-22)13-16-26(17-14-25)24(29)19-21-7-3-1-4-8-21/h1-10H,11-20H2. The molecule has 152 valence electrons. The maximum Gasteiger partial charge on any atom is 0.226 e. The number of amides is 2. The van der Waals surface area contributed by atoms with Crippen molar-refractivity contribution in [2.75, 3.05) is 19.6 Å². The average molecular weight is 391 g/mol. The Morgan fingerprint density at radius 2 is 1.38 bits per heavy atom. The summed E-state index contributed by atoms with van der Waals surface area (Å²) in [7, 11) is 0. The van der Waals surface area contributed by atoms with Crippen LogP contribution >= 0.6 is 0 Å². The van der Waals surface area contributed by atoms with Crippen LogP contribution in [0.2, 0.25) is 0 Å². The van der Waals surface area contributed by atoms with E-state index in [0.717, 1.165) is 50.9 Å². The zero-order chi connectivity index (χ0) is 20.1. The minimum absolute atomic E-state index is 0.213. The molecule has 2 aliphatic heterocycles. The predicted octanol–water partition coefficient (Wildman–Crippen LogP) is 4.05. The largest absolute Gasteiger partial charge is 0.342 e. The van der Waals surface area contributed by atoms with Gasteiger partial charge in [0, 0.05) is 32.6 Å². The molecule has 2 fully saturated rings. The Bertz CT molecular complexity index is 826. The number of carbonyl (C=O) groups is 2. The van der Waals surface area contributed by atoms with Gasteiger partial charge in [-0.25, -0.2) is 0 Å². The Labute approximate surface area is 173 Å². The fourth-order valence-corrected chi connectivity index (χ4v) is 4.74. The first-order valence-corrected chi connectivity index (χ1v) is 10.8. The highest BCUT2D eigenvalue weighted by Crippen LogP contribution is 2.41. The number of nitrogens with zero attached hydrogens (tertiary/aromatic N) is 2. The van der Waals surface area contributed by atoms with Gasteiger partial charge < -0.3 is 9.80 Å². The first kappa shape index (κ1) is 19.7. The van der Waals surface area contributed by atoms with Crippen molar-refractivity contribution in [3.05, 3.63) is 71.8 Å². The van der Waals surface area contributed by atoms with Crippen molar-refractivity contribution in [3.63, 3.8) is 0 Å². The van der Waals surface area contributed by atoms with Crippen molar-refractivity contribution < 1.29 is 9.59 Å². The normalized spacial score (nSPS) is 19.2. The molecule has 1 spiro atoms. The Hall–Kier alpha value is -2.62. The van der Waals surface area contributed by atoms with Gasteiger partial charge in [0.25, 0.3) is 0 Å². The van der Waals surface area contributed by atoms with Crippen LogP contribution in [0.4, 0.5) is 0 Å². The van der Waals surface area contributed by atoms with Crippen LogP contribution in [0.25, 0.3) is 0 Å². The summed E-state index contributed by atoms with van der Waals surface area (Å²) in [5.74, 6) is 0.495. The van der Waals surface area contributed by atoms with Gasteiger partial charge >= 0.3 is 0 Å². The average Bonchev–Trinajstić information content (AvgIpc) is 2.90. The molecule has 2 amide bonds. The zero-order valence-corrected chi connectivity index (χ0v) is 17.1. The van der Waals surface area contributed by atoms with Crippen LogP contribution in [0.1, 0.15) is 43.2 Å². The second-order valence-electron chi connectivity index (χ2n) is 8.59. The SMILES string of the molecule is O=C(Cc1ccccc1)N1CCC2(CCC(=O)N(Cc3ccccc3)CC2)CC1. The van der Waals surface area contributed by atoms with Crippen LogP contribution in [0.3, 0.4) is 0 Å². The summed E-state index contributed by atoms with van der Waals surface area (Å²) in [5, 5.41) is 0. The molecule has 0 aromatic heterocycles. The Morgan fingerprint density at radius 3 is 2.03 bits per heavy atom. The Morgan fingerprint density at radius 1 is 0.793 bits per heavy atom. The second-order valence-corrected chi connectivity index (χ2v) is 8.59. The van der Waals surface area contributed by atoms with Gasteiger partial charge in [-0.1, -0.05) is 60.7 Å². The highest BCUT2D eigenvalue weighted by Gasteiger charge is 2.38. The fourth-order valence-electron chi connectivity index (χ4n) is 4.74. The third-order valence-corrected chi connectivity index (χ3v) is 6.73. The summed E-state index contributed by atoms with van der Waals surface area (Å²) in [6.07, 6.45) is 5.14. The maximum atomic E-state index is 12.7. The number of hydrogen-bond donors (Lipinski definition) is 0. The summed E-state index contributed by atoms with van der Waals surface area (Å²) in [6.45, 7) is 3.17. The van der Waals surface area contributed by atoms with Gasteiger partial charge in [0.15, 0.2) is 0 Å². The quantitative estimate of drug-likeness (QED) is 0.790. The molecule has 0 radical (unpaired) electrons. The summed E-state index contributed by atoms with van der Waals surface area (Å²) in [4.78, 5) is 29.4. The maximum absolute atomic E-state index is 12.7. The molecule has 0 aliphatic carbocycles. The molecule has 4 nitrogen and oxygen atoms in total. The van der Waals surface area contributed by atoms with Crippen molar-refractivity contribution >= 4 is 11.8 Å². The minimum Gasteiger partial charge on any atom is -0.342 e. The lowest BCUT2D eigenvalue weighted by molar-refractivity contribution is -0.133. The molecule has 2 saturated heterocycles. The van der Waals surface area contributed by atoms with Gasteiger partial charge in [0.05, 0.1) is 6.42 Å². The molecule has 0 atom stereocenters. The molecule has 2 aromatic carbocycles. The van der Waals surface area contributed by atoms with E-state index in [4.69, 9.17) is 0 Å². The van der Waals surface area contributed by atoms with E-state index in [0.29, 0.717) is 19.4 Å². The van der Waals surface area contributed by atoms with E-state index in [2.05, 4.69) is 12.1 Å².